The molecular weight excluding hydrogens is 308 g/mol. The van der Waals surface area contributed by atoms with Gasteiger partial charge < -0.3 is 9.26 Å². The largest absolute Gasteiger partial charge is 0.484 e. The van der Waals surface area contributed by atoms with Gasteiger partial charge in [0.15, 0.2) is 6.61 Å². The number of aromatic nitrogens is 2. The molecule has 0 radical (unpaired) electrons. The Bertz CT molecular complexity index is 573. The highest BCUT2D eigenvalue weighted by Crippen LogP contribution is 2.26. The van der Waals surface area contributed by atoms with Gasteiger partial charge in [0.25, 0.3) is 0 Å². The van der Waals surface area contributed by atoms with Crippen molar-refractivity contribution < 1.29 is 9.26 Å². The molecule has 0 saturated heterocycles. The summed E-state index contributed by atoms with van der Waals surface area (Å²) in [6.07, 6.45) is 0. The van der Waals surface area contributed by atoms with E-state index in [9.17, 15) is 0 Å². The summed E-state index contributed by atoms with van der Waals surface area (Å²) >= 11 is 3.47. The van der Waals surface area contributed by atoms with Gasteiger partial charge in [0.1, 0.15) is 5.75 Å². The number of benzene rings is 1. The Hall–Kier alpha value is -1.36. The average Bonchev–Trinajstić information content (AvgIpc) is 2.76. The predicted molar refractivity (Wildman–Crippen MR) is 76.2 cm³/mol. The fourth-order valence-corrected chi connectivity index (χ4v) is 2.09. The third-order valence-corrected chi connectivity index (χ3v) is 3.17. The highest BCUT2D eigenvalue weighted by molar-refractivity contribution is 9.10. The molecule has 0 spiro atoms. The molecular formula is C14H17BrN2O2. The second-order valence-corrected chi connectivity index (χ2v) is 6.34. The maximum Gasteiger partial charge on any atom is 0.232 e. The molecule has 0 unspecified atom stereocenters. The van der Waals surface area contributed by atoms with Crippen LogP contribution in [0.3, 0.4) is 0 Å². The van der Waals surface area contributed by atoms with E-state index in [0.29, 0.717) is 18.3 Å². The molecule has 1 aromatic heterocycles. The van der Waals surface area contributed by atoms with Crippen molar-refractivity contribution in [2.45, 2.75) is 39.7 Å². The van der Waals surface area contributed by atoms with Gasteiger partial charge in [-0.2, -0.15) is 4.98 Å². The molecule has 4 nitrogen and oxygen atoms in total. The minimum Gasteiger partial charge on any atom is -0.484 e. The standard InChI is InChI=1S/C14H17BrN2O2/c1-9-5-6-11(10(15)7-9)18-8-12-16-13(19-17-12)14(2,3)4/h5-7H,8H2,1-4H3. The lowest BCUT2D eigenvalue weighted by molar-refractivity contribution is 0.278. The number of hydrogen-bond donors (Lipinski definition) is 0. The Labute approximate surface area is 121 Å². The quantitative estimate of drug-likeness (QED) is 0.855. The number of ether oxygens (including phenoxy) is 1. The smallest absolute Gasteiger partial charge is 0.232 e. The van der Waals surface area contributed by atoms with E-state index in [1.165, 1.54) is 5.56 Å². The van der Waals surface area contributed by atoms with Crippen LogP contribution in [0.4, 0.5) is 0 Å². The Kier molecular flexibility index (Phi) is 3.94. The van der Waals surface area contributed by atoms with Crippen LogP contribution in [0.5, 0.6) is 5.75 Å². The number of rotatable bonds is 3. The fourth-order valence-electron chi connectivity index (χ4n) is 1.48. The van der Waals surface area contributed by atoms with Gasteiger partial charge in [-0.3, -0.25) is 0 Å². The lowest BCUT2D eigenvalue weighted by Gasteiger charge is -2.10. The van der Waals surface area contributed by atoms with Crippen molar-refractivity contribution in [2.75, 3.05) is 0 Å². The van der Waals surface area contributed by atoms with Crippen LogP contribution in [0.2, 0.25) is 0 Å². The van der Waals surface area contributed by atoms with E-state index >= 15 is 0 Å². The summed E-state index contributed by atoms with van der Waals surface area (Å²) in [5.41, 5.74) is 1.03. The maximum atomic E-state index is 5.67. The van der Waals surface area contributed by atoms with Gasteiger partial charge in [-0.25, -0.2) is 0 Å². The Balaban J connectivity index is 2.04. The number of hydrogen-bond acceptors (Lipinski definition) is 4. The predicted octanol–water partition coefficient (Wildman–Crippen LogP) is 4.02. The van der Waals surface area contributed by atoms with Gasteiger partial charge in [0.2, 0.25) is 11.7 Å². The zero-order valence-electron chi connectivity index (χ0n) is 11.5. The molecule has 2 aromatic rings. The van der Waals surface area contributed by atoms with Gasteiger partial charge in [-0.05, 0) is 40.5 Å². The molecule has 0 aliphatic rings. The van der Waals surface area contributed by atoms with Crippen LogP contribution in [0.1, 0.15) is 38.0 Å². The van der Waals surface area contributed by atoms with Gasteiger partial charge in [-0.1, -0.05) is 32.0 Å². The fraction of sp³-hybridized carbons (Fsp3) is 0.429. The SMILES string of the molecule is Cc1ccc(OCc2noc(C(C)(C)C)n2)c(Br)c1. The Morgan fingerprint density at radius 3 is 2.63 bits per heavy atom. The lowest BCUT2D eigenvalue weighted by Crippen LogP contribution is -2.11. The van der Waals surface area contributed by atoms with Crippen LogP contribution < -0.4 is 4.74 Å². The van der Waals surface area contributed by atoms with Crippen LogP contribution in [0.15, 0.2) is 27.2 Å². The molecule has 1 aromatic carbocycles. The molecule has 2 rings (SSSR count). The normalized spacial score (nSPS) is 11.6. The van der Waals surface area contributed by atoms with Crippen LogP contribution in [-0.4, -0.2) is 10.1 Å². The van der Waals surface area contributed by atoms with Crippen LogP contribution in [-0.2, 0) is 12.0 Å². The molecule has 0 fully saturated rings. The molecule has 0 aliphatic heterocycles. The molecule has 5 heteroatoms. The van der Waals surface area contributed by atoms with Crippen molar-refractivity contribution in [2.24, 2.45) is 0 Å². The minimum atomic E-state index is -0.143. The summed E-state index contributed by atoms with van der Waals surface area (Å²) in [5.74, 6) is 1.94. The third kappa shape index (κ3) is 3.56. The highest BCUT2D eigenvalue weighted by Gasteiger charge is 2.21. The molecule has 0 amide bonds. The summed E-state index contributed by atoms with van der Waals surface area (Å²) in [6.45, 7) is 8.41. The zero-order chi connectivity index (χ0) is 14.0. The van der Waals surface area contributed by atoms with E-state index in [1.54, 1.807) is 0 Å². The van der Waals surface area contributed by atoms with E-state index in [1.807, 2.05) is 45.9 Å². The summed E-state index contributed by atoms with van der Waals surface area (Å²) in [4.78, 5) is 4.33. The lowest BCUT2D eigenvalue weighted by atomic mass is 9.97. The average molecular weight is 325 g/mol. The Morgan fingerprint density at radius 2 is 2.05 bits per heavy atom. The van der Waals surface area contributed by atoms with Gasteiger partial charge in [0.05, 0.1) is 4.47 Å². The first-order chi connectivity index (χ1) is 8.86. The van der Waals surface area contributed by atoms with Crippen molar-refractivity contribution in [1.29, 1.82) is 0 Å². The van der Waals surface area contributed by atoms with E-state index in [0.717, 1.165) is 10.2 Å². The molecule has 1 heterocycles. The second kappa shape index (κ2) is 5.33. The summed E-state index contributed by atoms with van der Waals surface area (Å²) in [7, 11) is 0. The third-order valence-electron chi connectivity index (χ3n) is 2.55. The van der Waals surface area contributed by atoms with Crippen molar-refractivity contribution in [1.82, 2.24) is 10.1 Å². The maximum absolute atomic E-state index is 5.67. The van der Waals surface area contributed by atoms with Crippen molar-refractivity contribution >= 4 is 15.9 Å². The van der Waals surface area contributed by atoms with E-state index in [2.05, 4.69) is 26.1 Å². The summed E-state index contributed by atoms with van der Waals surface area (Å²) in [5, 5.41) is 3.92. The topological polar surface area (TPSA) is 48.2 Å². The molecule has 0 atom stereocenters. The summed E-state index contributed by atoms with van der Waals surface area (Å²) < 4.78 is 11.8. The molecule has 0 saturated carbocycles. The van der Waals surface area contributed by atoms with Crippen molar-refractivity contribution in [3.8, 4) is 5.75 Å². The molecule has 102 valence electrons. The van der Waals surface area contributed by atoms with Gasteiger partial charge >= 0.3 is 0 Å². The first kappa shape index (κ1) is 14.1. The monoisotopic (exact) mass is 324 g/mol. The van der Waals surface area contributed by atoms with Crippen LogP contribution >= 0.6 is 15.9 Å². The molecule has 0 bridgehead atoms. The Morgan fingerprint density at radius 1 is 1.32 bits per heavy atom. The molecule has 19 heavy (non-hydrogen) atoms. The number of halogens is 1. The number of nitrogens with zero attached hydrogens (tertiary/aromatic N) is 2. The zero-order valence-corrected chi connectivity index (χ0v) is 13.1. The highest BCUT2D eigenvalue weighted by atomic mass is 79.9. The van der Waals surface area contributed by atoms with E-state index in [4.69, 9.17) is 9.26 Å². The second-order valence-electron chi connectivity index (χ2n) is 5.49. The van der Waals surface area contributed by atoms with E-state index < -0.39 is 0 Å². The minimum absolute atomic E-state index is 0.143. The summed E-state index contributed by atoms with van der Waals surface area (Å²) in [6, 6.07) is 5.92. The van der Waals surface area contributed by atoms with Gasteiger partial charge in [-0.15, -0.1) is 0 Å². The first-order valence-electron chi connectivity index (χ1n) is 6.08. The van der Waals surface area contributed by atoms with Crippen LogP contribution in [0, 0.1) is 6.92 Å². The molecule has 0 aliphatic carbocycles. The first-order valence-corrected chi connectivity index (χ1v) is 6.87. The van der Waals surface area contributed by atoms with Crippen molar-refractivity contribution in [3.63, 3.8) is 0 Å². The van der Waals surface area contributed by atoms with E-state index in [-0.39, 0.29) is 5.41 Å². The van der Waals surface area contributed by atoms with Crippen LogP contribution in [0.25, 0.3) is 0 Å². The van der Waals surface area contributed by atoms with Crippen molar-refractivity contribution in [3.05, 3.63) is 40.0 Å². The number of aryl methyl sites for hydroxylation is 1. The molecule has 0 N–H and O–H groups in total. The van der Waals surface area contributed by atoms with Gasteiger partial charge in [0, 0.05) is 5.41 Å².